The summed E-state index contributed by atoms with van der Waals surface area (Å²) in [7, 11) is 0. The Balaban J connectivity index is 2.05. The predicted molar refractivity (Wildman–Crippen MR) is 96.5 cm³/mol. The third-order valence-corrected chi connectivity index (χ3v) is 8.41. The van der Waals surface area contributed by atoms with E-state index in [9.17, 15) is 15.3 Å². The molecule has 0 spiro atoms. The molecule has 0 aliphatic heterocycles. The first-order valence-electron chi connectivity index (χ1n) is 9.87. The van der Waals surface area contributed by atoms with Gasteiger partial charge >= 0.3 is 0 Å². The second kappa shape index (κ2) is 6.10. The van der Waals surface area contributed by atoms with Crippen LogP contribution in [0.4, 0.5) is 0 Å². The van der Waals surface area contributed by atoms with Crippen LogP contribution in [-0.4, -0.2) is 34.1 Å². The van der Waals surface area contributed by atoms with Crippen molar-refractivity contribution in [3.8, 4) is 0 Å². The van der Waals surface area contributed by atoms with E-state index < -0.39 is 6.10 Å². The molecule has 0 aromatic carbocycles. The van der Waals surface area contributed by atoms with Crippen molar-refractivity contribution in [3.63, 3.8) is 0 Å². The normalized spacial score (nSPS) is 48.0. The Morgan fingerprint density at radius 1 is 1.04 bits per heavy atom. The standard InChI is InChI=1S/C21H36O3/c1-5-14-6-7-16-20(4)10-9-17(23)19(2,3)15(20)8-11-21(16,13-22)18(24)12-14/h6,15-18,22-24H,5,7-13H2,1-4H3. The van der Waals surface area contributed by atoms with E-state index in [-0.39, 0.29) is 29.0 Å². The smallest absolute Gasteiger partial charge is 0.0658 e. The van der Waals surface area contributed by atoms with E-state index in [4.69, 9.17) is 0 Å². The summed E-state index contributed by atoms with van der Waals surface area (Å²) in [5.74, 6) is 0.738. The summed E-state index contributed by atoms with van der Waals surface area (Å²) in [6, 6.07) is 0. The Morgan fingerprint density at radius 2 is 1.75 bits per heavy atom. The number of hydrogen-bond acceptors (Lipinski definition) is 3. The van der Waals surface area contributed by atoms with Crippen LogP contribution in [0.15, 0.2) is 11.6 Å². The van der Waals surface area contributed by atoms with Crippen LogP contribution in [-0.2, 0) is 0 Å². The molecule has 24 heavy (non-hydrogen) atoms. The van der Waals surface area contributed by atoms with E-state index in [2.05, 4.69) is 33.8 Å². The summed E-state index contributed by atoms with van der Waals surface area (Å²) < 4.78 is 0. The SMILES string of the molecule is CCC1=CCC2C3(C)CCC(O)C(C)(C)C3CCC2(CO)C(O)C1. The fourth-order valence-electron chi connectivity index (χ4n) is 6.74. The molecule has 0 bridgehead atoms. The van der Waals surface area contributed by atoms with Crippen LogP contribution >= 0.6 is 0 Å². The lowest BCUT2D eigenvalue weighted by Crippen LogP contribution is -2.62. The molecule has 0 saturated heterocycles. The summed E-state index contributed by atoms with van der Waals surface area (Å²) in [4.78, 5) is 0. The second-order valence-electron chi connectivity index (χ2n) is 9.59. The molecule has 6 atom stereocenters. The van der Waals surface area contributed by atoms with Gasteiger partial charge in [-0.05, 0) is 67.6 Å². The molecule has 0 aromatic heterocycles. The molecule has 3 heteroatoms. The van der Waals surface area contributed by atoms with Gasteiger partial charge in [-0.15, -0.1) is 0 Å². The van der Waals surface area contributed by atoms with Gasteiger partial charge in [-0.3, -0.25) is 0 Å². The van der Waals surface area contributed by atoms with E-state index in [1.165, 1.54) is 5.57 Å². The minimum absolute atomic E-state index is 0.0738. The number of aliphatic hydroxyl groups excluding tert-OH is 3. The molecule has 3 nitrogen and oxygen atoms in total. The maximum absolute atomic E-state index is 11.1. The Hall–Kier alpha value is -0.380. The third kappa shape index (κ3) is 2.42. The molecule has 138 valence electrons. The third-order valence-electron chi connectivity index (χ3n) is 8.41. The molecule has 0 radical (unpaired) electrons. The predicted octanol–water partition coefficient (Wildman–Crippen LogP) is 3.67. The van der Waals surface area contributed by atoms with Crippen molar-refractivity contribution in [1.29, 1.82) is 0 Å². The second-order valence-corrected chi connectivity index (χ2v) is 9.59. The minimum atomic E-state index is -0.450. The first-order chi connectivity index (χ1) is 11.2. The molecule has 2 fully saturated rings. The number of rotatable bonds is 2. The quantitative estimate of drug-likeness (QED) is 0.674. The highest BCUT2D eigenvalue weighted by molar-refractivity contribution is 5.18. The molecule has 0 aromatic rings. The van der Waals surface area contributed by atoms with Gasteiger partial charge in [0.05, 0.1) is 18.8 Å². The van der Waals surface area contributed by atoms with Gasteiger partial charge in [0.2, 0.25) is 0 Å². The van der Waals surface area contributed by atoms with E-state index >= 15 is 0 Å². The fourth-order valence-corrected chi connectivity index (χ4v) is 6.74. The van der Waals surface area contributed by atoms with Gasteiger partial charge in [0.25, 0.3) is 0 Å². The van der Waals surface area contributed by atoms with Crippen molar-refractivity contribution in [1.82, 2.24) is 0 Å². The van der Waals surface area contributed by atoms with Crippen LogP contribution in [0, 0.1) is 28.1 Å². The Labute approximate surface area is 147 Å². The zero-order chi connectivity index (χ0) is 17.8. The monoisotopic (exact) mass is 336 g/mol. The Kier molecular flexibility index (Phi) is 4.68. The molecule has 3 rings (SSSR count). The van der Waals surface area contributed by atoms with Crippen molar-refractivity contribution in [2.75, 3.05) is 6.61 Å². The van der Waals surface area contributed by atoms with E-state index in [0.29, 0.717) is 18.3 Å². The van der Waals surface area contributed by atoms with Gasteiger partial charge in [-0.2, -0.15) is 0 Å². The number of hydrogen-bond donors (Lipinski definition) is 3. The first-order valence-corrected chi connectivity index (χ1v) is 9.87. The summed E-state index contributed by atoms with van der Waals surface area (Å²) in [5, 5.41) is 32.0. The lowest BCUT2D eigenvalue weighted by atomic mass is 9.41. The van der Waals surface area contributed by atoms with Crippen molar-refractivity contribution >= 4 is 0 Å². The zero-order valence-corrected chi connectivity index (χ0v) is 15.9. The maximum Gasteiger partial charge on any atom is 0.0658 e. The number of fused-ring (bicyclic) bond motifs is 3. The minimum Gasteiger partial charge on any atom is -0.396 e. The molecule has 2 saturated carbocycles. The van der Waals surface area contributed by atoms with Gasteiger partial charge < -0.3 is 15.3 Å². The molecule has 0 heterocycles. The van der Waals surface area contributed by atoms with Crippen molar-refractivity contribution in [2.45, 2.75) is 84.8 Å². The summed E-state index contributed by atoms with van der Waals surface area (Å²) in [6.07, 6.45) is 8.00. The molecule has 3 aliphatic rings. The molecular formula is C21H36O3. The van der Waals surface area contributed by atoms with Gasteiger partial charge in [0.1, 0.15) is 0 Å². The average Bonchev–Trinajstić information content (AvgIpc) is 2.69. The topological polar surface area (TPSA) is 60.7 Å². The summed E-state index contributed by atoms with van der Waals surface area (Å²) >= 11 is 0. The van der Waals surface area contributed by atoms with Crippen molar-refractivity contribution < 1.29 is 15.3 Å². The lowest BCUT2D eigenvalue weighted by Gasteiger charge is -2.64. The highest BCUT2D eigenvalue weighted by Crippen LogP contribution is 2.66. The van der Waals surface area contributed by atoms with Gasteiger partial charge in [-0.25, -0.2) is 0 Å². The lowest BCUT2D eigenvalue weighted by molar-refractivity contribution is -0.204. The Bertz CT molecular complexity index is 511. The molecular weight excluding hydrogens is 300 g/mol. The highest BCUT2D eigenvalue weighted by Gasteiger charge is 2.63. The summed E-state index contributed by atoms with van der Waals surface area (Å²) in [6.45, 7) is 9.04. The van der Waals surface area contributed by atoms with Crippen LogP contribution in [0.5, 0.6) is 0 Å². The van der Waals surface area contributed by atoms with Gasteiger partial charge in [-0.1, -0.05) is 39.3 Å². The Morgan fingerprint density at radius 3 is 2.38 bits per heavy atom. The number of aliphatic hydroxyl groups is 3. The highest BCUT2D eigenvalue weighted by atomic mass is 16.3. The molecule has 0 amide bonds. The van der Waals surface area contributed by atoms with Crippen LogP contribution in [0.1, 0.15) is 72.6 Å². The van der Waals surface area contributed by atoms with Crippen molar-refractivity contribution in [2.24, 2.45) is 28.1 Å². The van der Waals surface area contributed by atoms with Crippen LogP contribution < -0.4 is 0 Å². The maximum atomic E-state index is 11.1. The number of allylic oxidation sites excluding steroid dienone is 1. The largest absolute Gasteiger partial charge is 0.396 e. The average molecular weight is 337 g/mol. The van der Waals surface area contributed by atoms with E-state index in [1.807, 2.05) is 0 Å². The van der Waals surface area contributed by atoms with Crippen LogP contribution in [0.3, 0.4) is 0 Å². The van der Waals surface area contributed by atoms with Crippen LogP contribution in [0.25, 0.3) is 0 Å². The van der Waals surface area contributed by atoms with Gasteiger partial charge in [0.15, 0.2) is 0 Å². The van der Waals surface area contributed by atoms with Crippen molar-refractivity contribution in [3.05, 3.63) is 11.6 Å². The van der Waals surface area contributed by atoms with E-state index in [0.717, 1.165) is 38.5 Å². The van der Waals surface area contributed by atoms with Crippen LogP contribution in [0.2, 0.25) is 0 Å². The first kappa shape index (κ1) is 18.4. The molecule has 3 N–H and O–H groups in total. The van der Waals surface area contributed by atoms with E-state index in [1.54, 1.807) is 0 Å². The van der Waals surface area contributed by atoms with Gasteiger partial charge in [0, 0.05) is 5.41 Å². The zero-order valence-electron chi connectivity index (χ0n) is 15.9. The molecule has 3 aliphatic carbocycles. The molecule has 6 unspecified atom stereocenters. The summed E-state index contributed by atoms with van der Waals surface area (Å²) in [5.41, 5.74) is 0.935. The fraction of sp³-hybridized carbons (Fsp3) is 0.905.